The number of halogens is 1. The van der Waals surface area contributed by atoms with Crippen LogP contribution in [0.2, 0.25) is 5.02 Å². The molecule has 4 rings (SSSR count). The van der Waals surface area contributed by atoms with Gasteiger partial charge in [-0.3, -0.25) is 9.69 Å². The van der Waals surface area contributed by atoms with Crippen molar-refractivity contribution in [3.05, 3.63) is 76.9 Å². The zero-order chi connectivity index (χ0) is 20.1. The number of hydrogen-bond acceptors (Lipinski definition) is 5. The average molecular weight is 412 g/mol. The lowest BCUT2D eigenvalue weighted by atomic mass is 10.0. The Labute approximate surface area is 174 Å². The highest BCUT2D eigenvalue weighted by atomic mass is 35.5. The molecule has 1 atom stereocenters. The quantitative estimate of drug-likeness (QED) is 0.668. The minimum absolute atomic E-state index is 0.0756. The fraction of sp³-hybridized carbons (Fsp3) is 0.273. The van der Waals surface area contributed by atoms with E-state index >= 15 is 0 Å². The first-order chi connectivity index (χ1) is 14.2. The van der Waals surface area contributed by atoms with Crippen LogP contribution in [0.15, 0.2) is 65.2 Å². The van der Waals surface area contributed by atoms with Crippen molar-refractivity contribution in [2.24, 2.45) is 0 Å². The van der Waals surface area contributed by atoms with Crippen molar-refractivity contribution < 1.29 is 14.1 Å². The molecule has 3 aromatic rings. The Morgan fingerprint density at radius 1 is 1.10 bits per heavy atom. The number of nitrogens with zero attached hydrogens (tertiary/aromatic N) is 2. The summed E-state index contributed by atoms with van der Waals surface area (Å²) >= 11 is 5.92. The Morgan fingerprint density at radius 3 is 2.55 bits per heavy atom. The second-order valence-electron chi connectivity index (χ2n) is 6.87. The number of nitrogens with one attached hydrogen (secondary N) is 1. The van der Waals surface area contributed by atoms with E-state index in [2.05, 4.69) is 27.5 Å². The molecule has 1 aliphatic heterocycles. The Hall–Kier alpha value is -2.67. The van der Waals surface area contributed by atoms with Gasteiger partial charge in [0.1, 0.15) is 0 Å². The van der Waals surface area contributed by atoms with Gasteiger partial charge in [-0.05, 0) is 29.8 Å². The lowest BCUT2D eigenvalue weighted by Gasteiger charge is -2.34. The highest BCUT2D eigenvalue weighted by Crippen LogP contribution is 2.23. The standard InChI is InChI=1S/C22H22ClN3O3/c23-18-8-6-17(7-9-18)21-14-19(25-29-21)22(27)24-15-20(16-4-2-1-3-5-16)26-10-12-28-13-11-26/h1-9,14,20H,10-13,15H2,(H,24,27). The molecule has 2 heterocycles. The zero-order valence-electron chi connectivity index (χ0n) is 15.9. The minimum Gasteiger partial charge on any atom is -0.379 e. The van der Waals surface area contributed by atoms with E-state index in [0.717, 1.165) is 24.2 Å². The highest BCUT2D eigenvalue weighted by Gasteiger charge is 2.24. The maximum absolute atomic E-state index is 12.7. The van der Waals surface area contributed by atoms with Gasteiger partial charge in [0.2, 0.25) is 0 Å². The molecule has 150 valence electrons. The van der Waals surface area contributed by atoms with E-state index in [-0.39, 0.29) is 17.6 Å². The van der Waals surface area contributed by atoms with E-state index in [1.54, 1.807) is 18.2 Å². The molecular formula is C22H22ClN3O3. The summed E-state index contributed by atoms with van der Waals surface area (Å²) in [6.07, 6.45) is 0. The summed E-state index contributed by atoms with van der Waals surface area (Å²) < 4.78 is 10.8. The van der Waals surface area contributed by atoms with Crippen LogP contribution in [0.1, 0.15) is 22.1 Å². The molecular weight excluding hydrogens is 390 g/mol. The molecule has 29 heavy (non-hydrogen) atoms. The molecule has 1 aromatic heterocycles. The summed E-state index contributed by atoms with van der Waals surface area (Å²) in [6.45, 7) is 3.54. The number of carbonyl (C=O) groups is 1. The van der Waals surface area contributed by atoms with E-state index in [4.69, 9.17) is 20.9 Å². The van der Waals surface area contributed by atoms with Gasteiger partial charge in [-0.2, -0.15) is 0 Å². The maximum Gasteiger partial charge on any atom is 0.273 e. The number of hydrogen-bond donors (Lipinski definition) is 1. The summed E-state index contributed by atoms with van der Waals surface area (Å²) in [7, 11) is 0. The van der Waals surface area contributed by atoms with E-state index < -0.39 is 0 Å². The van der Waals surface area contributed by atoms with E-state index in [0.29, 0.717) is 30.5 Å². The van der Waals surface area contributed by atoms with Crippen molar-refractivity contribution in [3.8, 4) is 11.3 Å². The molecule has 1 amide bonds. The first-order valence-corrected chi connectivity index (χ1v) is 9.96. The largest absolute Gasteiger partial charge is 0.379 e. The Bertz CT molecular complexity index is 937. The SMILES string of the molecule is O=C(NCC(c1ccccc1)N1CCOCC1)c1cc(-c2ccc(Cl)cc2)on1. The number of aromatic nitrogens is 1. The molecule has 0 spiro atoms. The second-order valence-corrected chi connectivity index (χ2v) is 7.30. The molecule has 0 aliphatic carbocycles. The second kappa shape index (κ2) is 9.22. The summed E-state index contributed by atoms with van der Waals surface area (Å²) in [4.78, 5) is 15.0. The van der Waals surface area contributed by atoms with Crippen LogP contribution in [0.3, 0.4) is 0 Å². The number of carbonyl (C=O) groups excluding carboxylic acids is 1. The third kappa shape index (κ3) is 4.85. The number of morpholine rings is 1. The molecule has 1 saturated heterocycles. The van der Waals surface area contributed by atoms with Gasteiger partial charge in [-0.25, -0.2) is 0 Å². The van der Waals surface area contributed by atoms with Crippen LogP contribution in [0.25, 0.3) is 11.3 Å². The van der Waals surface area contributed by atoms with Gasteiger partial charge in [0.15, 0.2) is 11.5 Å². The topological polar surface area (TPSA) is 67.6 Å². The molecule has 2 aromatic carbocycles. The summed E-state index contributed by atoms with van der Waals surface area (Å²) in [5.74, 6) is 0.266. The molecule has 1 fully saturated rings. The van der Waals surface area contributed by atoms with Crippen molar-refractivity contribution >= 4 is 17.5 Å². The van der Waals surface area contributed by atoms with Gasteiger partial charge in [-0.15, -0.1) is 0 Å². The molecule has 6 nitrogen and oxygen atoms in total. The van der Waals surface area contributed by atoms with Crippen molar-refractivity contribution in [1.29, 1.82) is 0 Å². The third-order valence-corrected chi connectivity index (χ3v) is 5.25. The van der Waals surface area contributed by atoms with Gasteiger partial charge in [0.05, 0.1) is 19.3 Å². The monoisotopic (exact) mass is 411 g/mol. The van der Waals surface area contributed by atoms with Crippen LogP contribution >= 0.6 is 11.6 Å². The highest BCUT2D eigenvalue weighted by molar-refractivity contribution is 6.30. The summed E-state index contributed by atoms with van der Waals surface area (Å²) in [5.41, 5.74) is 2.23. The number of amides is 1. The van der Waals surface area contributed by atoms with Crippen molar-refractivity contribution in [1.82, 2.24) is 15.4 Å². The Balaban J connectivity index is 1.44. The molecule has 1 aliphatic rings. The Morgan fingerprint density at radius 2 is 1.83 bits per heavy atom. The minimum atomic E-state index is -0.261. The number of benzene rings is 2. The summed E-state index contributed by atoms with van der Waals surface area (Å²) in [5, 5.41) is 7.57. The predicted molar refractivity (Wildman–Crippen MR) is 111 cm³/mol. The van der Waals surface area contributed by atoms with E-state index in [1.165, 1.54) is 0 Å². The lowest BCUT2D eigenvalue weighted by molar-refractivity contribution is 0.0162. The average Bonchev–Trinajstić information content (AvgIpc) is 3.26. The van der Waals surface area contributed by atoms with Crippen LogP contribution < -0.4 is 5.32 Å². The Kier molecular flexibility index (Phi) is 6.24. The number of ether oxygens (including phenoxy) is 1. The van der Waals surface area contributed by atoms with E-state index in [9.17, 15) is 4.79 Å². The normalized spacial score (nSPS) is 15.8. The van der Waals surface area contributed by atoms with Crippen molar-refractivity contribution in [2.45, 2.75) is 6.04 Å². The molecule has 0 radical (unpaired) electrons. The van der Waals surface area contributed by atoms with Crippen LogP contribution in [0, 0.1) is 0 Å². The van der Waals surface area contributed by atoms with Gasteiger partial charge < -0.3 is 14.6 Å². The van der Waals surface area contributed by atoms with Gasteiger partial charge in [0, 0.05) is 36.3 Å². The van der Waals surface area contributed by atoms with Crippen LogP contribution in [-0.4, -0.2) is 48.8 Å². The zero-order valence-corrected chi connectivity index (χ0v) is 16.6. The van der Waals surface area contributed by atoms with Crippen LogP contribution in [-0.2, 0) is 4.74 Å². The molecule has 7 heteroatoms. The third-order valence-electron chi connectivity index (χ3n) is 5.00. The fourth-order valence-corrected chi connectivity index (χ4v) is 3.56. The molecule has 0 saturated carbocycles. The van der Waals surface area contributed by atoms with Crippen LogP contribution in [0.5, 0.6) is 0 Å². The van der Waals surface area contributed by atoms with E-state index in [1.807, 2.05) is 30.3 Å². The van der Waals surface area contributed by atoms with Gasteiger partial charge in [0.25, 0.3) is 5.91 Å². The van der Waals surface area contributed by atoms with Crippen molar-refractivity contribution in [2.75, 3.05) is 32.8 Å². The lowest BCUT2D eigenvalue weighted by Crippen LogP contribution is -2.43. The first kappa shape index (κ1) is 19.6. The molecule has 0 bridgehead atoms. The van der Waals surface area contributed by atoms with Crippen LogP contribution in [0.4, 0.5) is 0 Å². The van der Waals surface area contributed by atoms with Crippen molar-refractivity contribution in [3.63, 3.8) is 0 Å². The number of rotatable bonds is 6. The first-order valence-electron chi connectivity index (χ1n) is 9.58. The summed E-state index contributed by atoms with van der Waals surface area (Å²) in [6, 6.07) is 19.1. The smallest absolute Gasteiger partial charge is 0.273 e. The van der Waals surface area contributed by atoms with Gasteiger partial charge >= 0.3 is 0 Å². The molecule has 1 N–H and O–H groups in total. The van der Waals surface area contributed by atoms with Gasteiger partial charge in [-0.1, -0.05) is 47.1 Å². The fourth-order valence-electron chi connectivity index (χ4n) is 3.43. The molecule has 1 unspecified atom stereocenters. The maximum atomic E-state index is 12.7. The predicted octanol–water partition coefficient (Wildman–Crippen LogP) is 3.80.